The molecule has 1 aliphatic rings. The summed E-state index contributed by atoms with van der Waals surface area (Å²) in [5.41, 5.74) is -1.11. The summed E-state index contributed by atoms with van der Waals surface area (Å²) in [6, 6.07) is 0. The Morgan fingerprint density at radius 1 is 1.43 bits per heavy atom. The van der Waals surface area contributed by atoms with Crippen LogP contribution in [-0.2, 0) is 6.54 Å². The molecule has 5 heteroatoms. The second kappa shape index (κ2) is 4.04. The Labute approximate surface area is 82.5 Å². The van der Waals surface area contributed by atoms with Crippen molar-refractivity contribution >= 4 is 0 Å². The summed E-state index contributed by atoms with van der Waals surface area (Å²) >= 11 is 0. The van der Waals surface area contributed by atoms with Gasteiger partial charge >= 0.3 is 0 Å². The molecule has 2 rings (SSSR count). The third-order valence-corrected chi connectivity index (χ3v) is 2.64. The first-order valence-electron chi connectivity index (χ1n) is 5.01. The molecule has 0 spiro atoms. The Morgan fingerprint density at radius 3 is 3.14 bits per heavy atom. The molecule has 78 valence electrons. The number of rotatable bonds is 2. The predicted molar refractivity (Wildman–Crippen MR) is 50.6 cm³/mol. The lowest BCUT2D eigenvalue weighted by atomic mass is 9.97. The van der Waals surface area contributed by atoms with E-state index in [1.165, 1.54) is 6.33 Å². The number of alkyl halides is 1. The monoisotopic (exact) mass is 198 g/mol. The highest BCUT2D eigenvalue weighted by Gasteiger charge is 2.31. The molecule has 0 bridgehead atoms. The zero-order valence-electron chi connectivity index (χ0n) is 8.12. The van der Waals surface area contributed by atoms with Gasteiger partial charge in [-0.15, -0.1) is 0 Å². The Hall–Kier alpha value is -0.970. The summed E-state index contributed by atoms with van der Waals surface area (Å²) in [4.78, 5) is 3.81. The lowest BCUT2D eigenvalue weighted by molar-refractivity contribution is 0.114. The Kier molecular flexibility index (Phi) is 2.77. The normalized spacial score (nSPS) is 28.6. The molecule has 0 saturated carbocycles. The molecule has 14 heavy (non-hydrogen) atoms. The van der Waals surface area contributed by atoms with Crippen molar-refractivity contribution in [2.75, 3.05) is 13.1 Å². The summed E-state index contributed by atoms with van der Waals surface area (Å²) in [5.74, 6) is 0. The van der Waals surface area contributed by atoms with Crippen LogP contribution in [0, 0.1) is 0 Å². The molecular formula is C9H15FN4. The van der Waals surface area contributed by atoms with E-state index >= 15 is 0 Å². The molecule has 0 amide bonds. The molecule has 1 fully saturated rings. The summed E-state index contributed by atoms with van der Waals surface area (Å²) in [6.07, 6.45) is 5.08. The largest absolute Gasteiger partial charge is 0.317 e. The highest BCUT2D eigenvalue weighted by molar-refractivity contribution is 4.83. The SMILES string of the molecule is FC1(Cn2cncn2)CCCNCC1. The van der Waals surface area contributed by atoms with Gasteiger partial charge in [0, 0.05) is 0 Å². The van der Waals surface area contributed by atoms with Gasteiger partial charge in [-0.05, 0) is 32.4 Å². The lowest BCUT2D eigenvalue weighted by Crippen LogP contribution is -2.30. The maximum atomic E-state index is 14.3. The van der Waals surface area contributed by atoms with Crippen LogP contribution in [0.5, 0.6) is 0 Å². The minimum atomic E-state index is -1.11. The van der Waals surface area contributed by atoms with E-state index < -0.39 is 5.67 Å². The predicted octanol–water partition coefficient (Wildman–Crippen LogP) is 0.760. The first-order chi connectivity index (χ1) is 6.79. The molecule has 1 unspecified atom stereocenters. The number of hydrogen-bond donors (Lipinski definition) is 1. The van der Waals surface area contributed by atoms with Crippen molar-refractivity contribution in [1.29, 1.82) is 0 Å². The second-order valence-electron chi connectivity index (χ2n) is 3.85. The van der Waals surface area contributed by atoms with E-state index in [-0.39, 0.29) is 0 Å². The molecule has 4 nitrogen and oxygen atoms in total. The standard InChI is InChI=1S/C9H15FN4/c10-9(2-1-4-11-5-3-9)6-14-8-12-7-13-14/h7-8,11H,1-6H2. The number of halogens is 1. The topological polar surface area (TPSA) is 42.7 Å². The van der Waals surface area contributed by atoms with Gasteiger partial charge in [0.15, 0.2) is 0 Å². The van der Waals surface area contributed by atoms with Gasteiger partial charge in [-0.1, -0.05) is 0 Å². The van der Waals surface area contributed by atoms with Crippen LogP contribution in [0.4, 0.5) is 4.39 Å². The van der Waals surface area contributed by atoms with Crippen molar-refractivity contribution in [2.24, 2.45) is 0 Å². The fraction of sp³-hybridized carbons (Fsp3) is 0.778. The van der Waals surface area contributed by atoms with Gasteiger partial charge in [-0.2, -0.15) is 5.10 Å². The maximum Gasteiger partial charge on any atom is 0.137 e. The van der Waals surface area contributed by atoms with Gasteiger partial charge < -0.3 is 5.32 Å². The first kappa shape index (κ1) is 9.58. The molecule has 2 heterocycles. The quantitative estimate of drug-likeness (QED) is 0.763. The van der Waals surface area contributed by atoms with Crippen molar-refractivity contribution in [3.05, 3.63) is 12.7 Å². The van der Waals surface area contributed by atoms with E-state index in [1.807, 2.05) is 0 Å². The van der Waals surface area contributed by atoms with Crippen molar-refractivity contribution in [3.8, 4) is 0 Å². The highest BCUT2D eigenvalue weighted by Crippen LogP contribution is 2.25. The summed E-state index contributed by atoms with van der Waals surface area (Å²) in [5, 5.41) is 7.13. The van der Waals surface area contributed by atoms with Gasteiger partial charge in [-0.25, -0.2) is 14.1 Å². The van der Waals surface area contributed by atoms with E-state index in [4.69, 9.17) is 0 Å². The Bertz CT molecular complexity index is 264. The zero-order valence-corrected chi connectivity index (χ0v) is 8.12. The third-order valence-electron chi connectivity index (χ3n) is 2.64. The first-order valence-corrected chi connectivity index (χ1v) is 5.01. The van der Waals surface area contributed by atoms with E-state index in [2.05, 4.69) is 15.4 Å². The Balaban J connectivity index is 1.99. The van der Waals surface area contributed by atoms with Crippen LogP contribution in [0.15, 0.2) is 12.7 Å². The fourth-order valence-corrected chi connectivity index (χ4v) is 1.86. The smallest absolute Gasteiger partial charge is 0.137 e. The molecule has 1 saturated heterocycles. The molecule has 1 aliphatic heterocycles. The molecule has 1 aromatic heterocycles. The number of nitrogens with zero attached hydrogens (tertiary/aromatic N) is 3. The van der Waals surface area contributed by atoms with E-state index in [9.17, 15) is 4.39 Å². The average Bonchev–Trinajstić information content (AvgIpc) is 2.55. The van der Waals surface area contributed by atoms with Crippen molar-refractivity contribution in [2.45, 2.75) is 31.5 Å². The second-order valence-corrected chi connectivity index (χ2v) is 3.85. The summed E-state index contributed by atoms with van der Waals surface area (Å²) in [7, 11) is 0. The van der Waals surface area contributed by atoms with Crippen molar-refractivity contribution < 1.29 is 4.39 Å². The van der Waals surface area contributed by atoms with Gasteiger partial charge in [0.1, 0.15) is 18.3 Å². The zero-order chi connectivity index (χ0) is 9.86. The minimum absolute atomic E-state index is 0.328. The van der Waals surface area contributed by atoms with Crippen LogP contribution < -0.4 is 5.32 Å². The summed E-state index contributed by atoms with van der Waals surface area (Å²) in [6.45, 7) is 2.00. The van der Waals surface area contributed by atoms with Gasteiger partial charge in [0.2, 0.25) is 0 Å². The molecule has 0 aliphatic carbocycles. The Morgan fingerprint density at radius 2 is 2.36 bits per heavy atom. The maximum absolute atomic E-state index is 14.3. The van der Waals surface area contributed by atoms with E-state index in [0.717, 1.165) is 19.5 Å². The van der Waals surface area contributed by atoms with Crippen LogP contribution in [0.1, 0.15) is 19.3 Å². The lowest BCUT2D eigenvalue weighted by Gasteiger charge is -2.22. The highest BCUT2D eigenvalue weighted by atomic mass is 19.1. The van der Waals surface area contributed by atoms with Gasteiger partial charge in [-0.3, -0.25) is 0 Å². The number of aromatic nitrogens is 3. The number of hydrogen-bond acceptors (Lipinski definition) is 3. The minimum Gasteiger partial charge on any atom is -0.317 e. The van der Waals surface area contributed by atoms with Gasteiger partial charge in [0.05, 0.1) is 6.54 Å². The molecule has 0 aromatic carbocycles. The van der Waals surface area contributed by atoms with Crippen LogP contribution in [0.25, 0.3) is 0 Å². The third kappa shape index (κ3) is 2.29. The molecule has 1 aromatic rings. The molecule has 1 atom stereocenters. The van der Waals surface area contributed by atoms with Crippen LogP contribution in [-0.4, -0.2) is 33.5 Å². The van der Waals surface area contributed by atoms with Crippen LogP contribution >= 0.6 is 0 Å². The van der Waals surface area contributed by atoms with Gasteiger partial charge in [0.25, 0.3) is 0 Å². The molecule has 0 radical (unpaired) electrons. The molecular weight excluding hydrogens is 183 g/mol. The number of nitrogens with one attached hydrogen (secondary N) is 1. The summed E-state index contributed by atoms with van der Waals surface area (Å²) < 4.78 is 15.8. The van der Waals surface area contributed by atoms with Crippen molar-refractivity contribution in [1.82, 2.24) is 20.1 Å². The van der Waals surface area contributed by atoms with Crippen LogP contribution in [0.3, 0.4) is 0 Å². The van der Waals surface area contributed by atoms with Crippen LogP contribution in [0.2, 0.25) is 0 Å². The average molecular weight is 198 g/mol. The van der Waals surface area contributed by atoms with E-state index in [0.29, 0.717) is 19.4 Å². The van der Waals surface area contributed by atoms with E-state index in [1.54, 1.807) is 11.0 Å². The van der Waals surface area contributed by atoms with Crippen molar-refractivity contribution in [3.63, 3.8) is 0 Å². The fourth-order valence-electron chi connectivity index (χ4n) is 1.86. The molecule has 1 N–H and O–H groups in total.